The molecule has 0 amide bonds. The molecule has 0 fully saturated rings. The first kappa shape index (κ1) is 35.3. The monoisotopic (exact) mass is 724 g/mol. The molecule has 2 heteroatoms. The molecule has 0 saturated heterocycles. The molecule has 0 spiro atoms. The van der Waals surface area contributed by atoms with Crippen molar-refractivity contribution in [2.24, 2.45) is 0 Å². The zero-order chi connectivity index (χ0) is 38.6. The van der Waals surface area contributed by atoms with E-state index in [4.69, 9.17) is 0 Å². The molecule has 0 saturated carbocycles. The van der Waals surface area contributed by atoms with E-state index in [0.717, 1.165) is 22.7 Å². The van der Waals surface area contributed by atoms with Crippen LogP contribution in [0.1, 0.15) is 52.7 Å². The van der Waals surface area contributed by atoms with Gasteiger partial charge in [-0.15, -0.1) is 0 Å². The van der Waals surface area contributed by atoms with Gasteiger partial charge in [0, 0.05) is 33.4 Å². The van der Waals surface area contributed by atoms with E-state index in [2.05, 4.69) is 233 Å². The van der Waals surface area contributed by atoms with Crippen LogP contribution in [0.2, 0.25) is 0 Å². The number of aromatic nitrogens is 1. The number of fused-ring (bicyclic) bond motifs is 4. The van der Waals surface area contributed by atoms with Gasteiger partial charge in [-0.2, -0.15) is 0 Å². The molecule has 0 bridgehead atoms. The third-order valence-electron chi connectivity index (χ3n) is 11.3. The van der Waals surface area contributed by atoms with Gasteiger partial charge in [0.05, 0.1) is 16.7 Å². The van der Waals surface area contributed by atoms with Crippen molar-refractivity contribution < 1.29 is 0 Å². The fourth-order valence-electron chi connectivity index (χ4n) is 8.31. The van der Waals surface area contributed by atoms with Gasteiger partial charge in [0.15, 0.2) is 0 Å². The summed E-state index contributed by atoms with van der Waals surface area (Å²) in [5, 5.41) is 4.96. The lowest BCUT2D eigenvalue weighted by Gasteiger charge is -2.29. The average molecular weight is 725 g/mol. The van der Waals surface area contributed by atoms with Crippen molar-refractivity contribution in [3.63, 3.8) is 0 Å². The van der Waals surface area contributed by atoms with Gasteiger partial charge < -0.3 is 9.47 Å². The molecular formula is C54H48N2. The molecule has 0 radical (unpaired) electrons. The van der Waals surface area contributed by atoms with Gasteiger partial charge in [0.25, 0.3) is 0 Å². The van der Waals surface area contributed by atoms with Gasteiger partial charge in [-0.05, 0) is 104 Å². The molecule has 1 aromatic heterocycles. The largest absolute Gasteiger partial charge is 0.310 e. The maximum absolute atomic E-state index is 2.43. The predicted octanol–water partition coefficient (Wildman–Crippen LogP) is 15.3. The molecule has 9 aromatic rings. The van der Waals surface area contributed by atoms with Gasteiger partial charge in [-0.1, -0.05) is 169 Å². The normalized spacial score (nSPS) is 12.1. The van der Waals surface area contributed by atoms with Gasteiger partial charge >= 0.3 is 0 Å². The van der Waals surface area contributed by atoms with E-state index in [0.29, 0.717) is 0 Å². The third kappa shape index (κ3) is 6.26. The van der Waals surface area contributed by atoms with E-state index in [1.807, 2.05) is 0 Å². The van der Waals surface area contributed by atoms with Crippen molar-refractivity contribution in [1.29, 1.82) is 0 Å². The minimum Gasteiger partial charge on any atom is -0.310 e. The number of nitrogens with zero attached hydrogens (tertiary/aromatic N) is 2. The first-order valence-electron chi connectivity index (χ1n) is 19.8. The highest BCUT2D eigenvalue weighted by atomic mass is 15.1. The molecule has 1 heterocycles. The summed E-state index contributed by atoms with van der Waals surface area (Å²) in [7, 11) is 0. The highest BCUT2D eigenvalue weighted by Crippen LogP contribution is 2.46. The molecule has 9 rings (SSSR count). The molecule has 8 aromatic carbocycles. The smallest absolute Gasteiger partial charge is 0.0542 e. The number of hydrogen-bond acceptors (Lipinski definition) is 1. The van der Waals surface area contributed by atoms with Crippen LogP contribution in [-0.4, -0.2) is 4.57 Å². The van der Waals surface area contributed by atoms with Crippen LogP contribution >= 0.6 is 0 Å². The summed E-state index contributed by atoms with van der Waals surface area (Å²) in [5.74, 6) is 0. The summed E-state index contributed by atoms with van der Waals surface area (Å²) >= 11 is 0. The fourth-order valence-corrected chi connectivity index (χ4v) is 8.31. The van der Waals surface area contributed by atoms with Gasteiger partial charge in [-0.25, -0.2) is 0 Å². The first-order chi connectivity index (χ1) is 27.1. The predicted molar refractivity (Wildman–Crippen MR) is 241 cm³/mol. The van der Waals surface area contributed by atoms with Crippen LogP contribution in [0.4, 0.5) is 17.1 Å². The topological polar surface area (TPSA) is 8.17 Å². The van der Waals surface area contributed by atoms with E-state index >= 15 is 0 Å². The van der Waals surface area contributed by atoms with Crippen LogP contribution in [0.3, 0.4) is 0 Å². The highest BCUT2D eigenvalue weighted by Gasteiger charge is 2.24. The number of rotatable bonds is 6. The number of hydrogen-bond donors (Lipinski definition) is 0. The number of para-hydroxylation sites is 4. The standard InChI is InChI=1S/C54H48N2/c1-53(2,3)39-33-38(34-40(35-39)54(4,5)6)44-27-17-19-37-20-18-28-47(52(37)44)45-25-13-15-29-49(45)55(41-21-9-7-10-22-41)43-31-32-51-48(36-43)46-26-14-16-30-50(46)56(51)42-23-11-8-12-24-42/h7-36H,1-6H3. The van der Waals surface area contributed by atoms with Crippen LogP contribution in [0.15, 0.2) is 182 Å². The minimum absolute atomic E-state index is 0.0146. The highest BCUT2D eigenvalue weighted by molar-refractivity contribution is 6.12. The Morgan fingerprint density at radius 2 is 0.982 bits per heavy atom. The molecule has 0 atom stereocenters. The van der Waals surface area contributed by atoms with Crippen LogP contribution in [-0.2, 0) is 10.8 Å². The summed E-state index contributed by atoms with van der Waals surface area (Å²) in [6.07, 6.45) is 0. The first-order valence-corrected chi connectivity index (χ1v) is 19.8. The Labute approximate surface area is 331 Å². The Morgan fingerprint density at radius 3 is 1.68 bits per heavy atom. The molecule has 0 N–H and O–H groups in total. The van der Waals surface area contributed by atoms with E-state index in [9.17, 15) is 0 Å². The van der Waals surface area contributed by atoms with Gasteiger partial charge in [0.2, 0.25) is 0 Å². The van der Waals surface area contributed by atoms with Crippen molar-refractivity contribution >= 4 is 49.6 Å². The molecule has 0 unspecified atom stereocenters. The fraction of sp³-hybridized carbons (Fsp3) is 0.148. The lowest BCUT2D eigenvalue weighted by Crippen LogP contribution is -2.16. The molecule has 0 aliphatic carbocycles. The van der Waals surface area contributed by atoms with Crippen LogP contribution in [0.25, 0.3) is 60.5 Å². The van der Waals surface area contributed by atoms with E-state index in [-0.39, 0.29) is 10.8 Å². The lowest BCUT2D eigenvalue weighted by atomic mass is 9.78. The van der Waals surface area contributed by atoms with Crippen molar-refractivity contribution in [2.75, 3.05) is 4.90 Å². The Hall–Kier alpha value is -6.38. The Kier molecular flexibility index (Phi) is 8.66. The molecular weight excluding hydrogens is 677 g/mol. The Bertz CT molecular complexity index is 2830. The summed E-state index contributed by atoms with van der Waals surface area (Å²) < 4.78 is 2.38. The number of benzene rings is 8. The second-order valence-electron chi connectivity index (χ2n) is 17.1. The summed E-state index contributed by atoms with van der Waals surface area (Å²) in [5.41, 5.74) is 14.6. The van der Waals surface area contributed by atoms with Gasteiger partial charge in [0.1, 0.15) is 0 Å². The maximum atomic E-state index is 2.43. The molecule has 56 heavy (non-hydrogen) atoms. The minimum atomic E-state index is 0.0146. The zero-order valence-corrected chi connectivity index (χ0v) is 33.2. The van der Waals surface area contributed by atoms with Crippen LogP contribution in [0, 0.1) is 0 Å². The van der Waals surface area contributed by atoms with Crippen LogP contribution < -0.4 is 4.90 Å². The molecule has 2 nitrogen and oxygen atoms in total. The third-order valence-corrected chi connectivity index (χ3v) is 11.3. The molecule has 0 aliphatic heterocycles. The van der Waals surface area contributed by atoms with Gasteiger partial charge in [-0.3, -0.25) is 0 Å². The summed E-state index contributed by atoms with van der Waals surface area (Å²) in [6, 6.07) is 66.9. The summed E-state index contributed by atoms with van der Waals surface area (Å²) in [6.45, 7) is 13.9. The zero-order valence-electron chi connectivity index (χ0n) is 33.2. The van der Waals surface area contributed by atoms with Crippen molar-refractivity contribution in [3.05, 3.63) is 193 Å². The maximum Gasteiger partial charge on any atom is 0.0542 e. The summed E-state index contributed by atoms with van der Waals surface area (Å²) in [4.78, 5) is 2.43. The lowest BCUT2D eigenvalue weighted by molar-refractivity contribution is 0.569. The van der Waals surface area contributed by atoms with E-state index < -0.39 is 0 Å². The second-order valence-corrected chi connectivity index (χ2v) is 17.1. The SMILES string of the molecule is CC(C)(C)c1cc(-c2cccc3cccc(-c4ccccc4N(c4ccccc4)c4ccc5c(c4)c4ccccc4n5-c4ccccc4)c23)cc(C(C)(C)C)c1. The van der Waals surface area contributed by atoms with E-state index in [1.54, 1.807) is 0 Å². The van der Waals surface area contributed by atoms with Crippen LogP contribution in [0.5, 0.6) is 0 Å². The molecule has 0 aliphatic rings. The van der Waals surface area contributed by atoms with E-state index in [1.165, 1.54) is 66.0 Å². The number of anilines is 3. The molecule has 274 valence electrons. The van der Waals surface area contributed by atoms with Crippen molar-refractivity contribution in [3.8, 4) is 27.9 Å². The average Bonchev–Trinajstić information content (AvgIpc) is 3.54. The quantitative estimate of drug-likeness (QED) is 0.166. The Balaban J connectivity index is 1.29. The Morgan fingerprint density at radius 1 is 0.411 bits per heavy atom. The van der Waals surface area contributed by atoms with Crippen molar-refractivity contribution in [1.82, 2.24) is 4.57 Å². The van der Waals surface area contributed by atoms with Crippen molar-refractivity contribution in [2.45, 2.75) is 52.4 Å². The second kappa shape index (κ2) is 13.7.